The summed E-state index contributed by atoms with van der Waals surface area (Å²) in [6, 6.07) is 6.03. The maximum atomic E-state index is 9.49. The minimum Gasteiger partial charge on any atom is -0.487 e. The van der Waals surface area contributed by atoms with Crippen molar-refractivity contribution >= 4 is 0 Å². The molecule has 15 heavy (non-hydrogen) atoms. The second-order valence-corrected chi connectivity index (χ2v) is 4.06. The van der Waals surface area contributed by atoms with E-state index in [1.54, 1.807) is 0 Å². The lowest BCUT2D eigenvalue weighted by molar-refractivity contribution is -0.00959. The molecule has 1 heterocycles. The van der Waals surface area contributed by atoms with Crippen LogP contribution in [0.25, 0.3) is 0 Å². The first-order valence-electron chi connectivity index (χ1n) is 5.26. The average Bonchev–Trinajstić information content (AvgIpc) is 2.27. The van der Waals surface area contributed by atoms with E-state index in [0.29, 0.717) is 0 Å². The van der Waals surface area contributed by atoms with Gasteiger partial charge in [-0.1, -0.05) is 17.7 Å². The van der Waals surface area contributed by atoms with Crippen LogP contribution in [0.1, 0.15) is 17.5 Å². The molecule has 1 aliphatic heterocycles. The third-order valence-electron chi connectivity index (χ3n) is 2.81. The molecule has 1 aromatic carbocycles. The summed E-state index contributed by atoms with van der Waals surface area (Å²) in [7, 11) is 0. The molecule has 0 saturated heterocycles. The number of aryl methyl sites for hydroxylation is 2. The molecule has 0 unspecified atom stereocenters. The Morgan fingerprint density at radius 2 is 2.33 bits per heavy atom. The van der Waals surface area contributed by atoms with Crippen molar-refractivity contribution in [2.24, 2.45) is 0 Å². The second kappa shape index (κ2) is 4.21. The van der Waals surface area contributed by atoms with Crippen LogP contribution in [0.4, 0.5) is 0 Å². The van der Waals surface area contributed by atoms with E-state index in [1.165, 1.54) is 11.1 Å². The van der Waals surface area contributed by atoms with E-state index in [9.17, 15) is 5.11 Å². The fourth-order valence-corrected chi connectivity index (χ4v) is 1.93. The quantitative estimate of drug-likeness (QED) is 0.763. The van der Waals surface area contributed by atoms with Crippen LogP contribution in [-0.2, 0) is 6.42 Å². The number of hydrogen-bond donors (Lipinski definition) is 2. The lowest BCUT2D eigenvalue weighted by Crippen LogP contribution is -2.37. The molecular formula is C12H16O3. The standard InChI is InChI=1S/C12H16O3/c1-8-2-4-11-9(6-8)3-5-12(15-11)10(14)7-13/h2,4,6,10,12-14H,3,5,7H2,1H3/t10-,12+/m0/s1. The van der Waals surface area contributed by atoms with Crippen LogP contribution >= 0.6 is 0 Å². The Bertz CT molecular complexity index is 349. The lowest BCUT2D eigenvalue weighted by atomic mass is 9.98. The van der Waals surface area contributed by atoms with Gasteiger partial charge < -0.3 is 14.9 Å². The molecule has 0 spiro atoms. The Balaban J connectivity index is 2.16. The molecule has 0 fully saturated rings. The maximum absolute atomic E-state index is 9.49. The molecule has 1 aliphatic rings. The van der Waals surface area contributed by atoms with Gasteiger partial charge in [-0.25, -0.2) is 0 Å². The molecule has 0 aliphatic carbocycles. The molecule has 0 aromatic heterocycles. The highest BCUT2D eigenvalue weighted by molar-refractivity contribution is 5.38. The SMILES string of the molecule is Cc1ccc2c(c1)CC[C@H]([C@@H](O)CO)O2. The summed E-state index contributed by atoms with van der Waals surface area (Å²) >= 11 is 0. The van der Waals surface area contributed by atoms with Crippen molar-refractivity contribution in [3.63, 3.8) is 0 Å². The van der Waals surface area contributed by atoms with Crippen molar-refractivity contribution in [2.75, 3.05) is 6.61 Å². The van der Waals surface area contributed by atoms with Gasteiger partial charge in [0, 0.05) is 0 Å². The number of rotatable bonds is 2. The van der Waals surface area contributed by atoms with Gasteiger partial charge in [0.25, 0.3) is 0 Å². The number of benzene rings is 1. The topological polar surface area (TPSA) is 49.7 Å². The summed E-state index contributed by atoms with van der Waals surface area (Å²) < 4.78 is 5.63. The molecule has 0 amide bonds. The Kier molecular flexibility index (Phi) is 2.93. The lowest BCUT2D eigenvalue weighted by Gasteiger charge is -2.28. The third-order valence-corrected chi connectivity index (χ3v) is 2.81. The summed E-state index contributed by atoms with van der Waals surface area (Å²) in [6.07, 6.45) is 0.612. The van der Waals surface area contributed by atoms with Gasteiger partial charge in [0.05, 0.1) is 6.61 Å². The van der Waals surface area contributed by atoms with Gasteiger partial charge >= 0.3 is 0 Å². The molecule has 0 bridgehead atoms. The van der Waals surface area contributed by atoms with Crippen molar-refractivity contribution in [2.45, 2.75) is 32.0 Å². The Hall–Kier alpha value is -1.06. The molecule has 3 heteroatoms. The van der Waals surface area contributed by atoms with E-state index in [-0.39, 0.29) is 12.7 Å². The number of hydrogen-bond acceptors (Lipinski definition) is 3. The summed E-state index contributed by atoms with van der Waals surface area (Å²) in [5, 5.41) is 18.3. The van der Waals surface area contributed by atoms with E-state index in [2.05, 4.69) is 13.0 Å². The first-order chi connectivity index (χ1) is 7.20. The van der Waals surface area contributed by atoms with Crippen molar-refractivity contribution in [1.29, 1.82) is 0 Å². The van der Waals surface area contributed by atoms with Crippen molar-refractivity contribution in [1.82, 2.24) is 0 Å². The first-order valence-corrected chi connectivity index (χ1v) is 5.26. The predicted molar refractivity (Wildman–Crippen MR) is 57.0 cm³/mol. The first kappa shape index (κ1) is 10.5. The predicted octanol–water partition coefficient (Wildman–Crippen LogP) is 1.04. The highest BCUT2D eigenvalue weighted by atomic mass is 16.5. The van der Waals surface area contributed by atoms with Gasteiger partial charge in [-0.15, -0.1) is 0 Å². The zero-order valence-corrected chi connectivity index (χ0v) is 8.81. The highest BCUT2D eigenvalue weighted by Crippen LogP contribution is 2.29. The van der Waals surface area contributed by atoms with Crippen molar-refractivity contribution in [3.05, 3.63) is 29.3 Å². The molecule has 2 N–H and O–H groups in total. The third kappa shape index (κ3) is 2.13. The fraction of sp³-hybridized carbons (Fsp3) is 0.500. The molecule has 2 atom stereocenters. The molecule has 1 aromatic rings. The van der Waals surface area contributed by atoms with Gasteiger partial charge in [0.15, 0.2) is 0 Å². The van der Waals surface area contributed by atoms with Crippen LogP contribution in [0.5, 0.6) is 5.75 Å². The van der Waals surface area contributed by atoms with Gasteiger partial charge in [-0.2, -0.15) is 0 Å². The van der Waals surface area contributed by atoms with E-state index in [0.717, 1.165) is 18.6 Å². The Labute approximate surface area is 89.3 Å². The minimum absolute atomic E-state index is 0.244. The highest BCUT2D eigenvalue weighted by Gasteiger charge is 2.25. The van der Waals surface area contributed by atoms with Gasteiger partial charge in [0.1, 0.15) is 18.0 Å². The molecule has 2 rings (SSSR count). The Morgan fingerprint density at radius 1 is 1.53 bits per heavy atom. The van der Waals surface area contributed by atoms with Gasteiger partial charge in [-0.05, 0) is 31.4 Å². The van der Waals surface area contributed by atoms with Gasteiger partial charge in [-0.3, -0.25) is 0 Å². The molecule has 0 saturated carbocycles. The van der Waals surface area contributed by atoms with Crippen LogP contribution in [0.2, 0.25) is 0 Å². The largest absolute Gasteiger partial charge is 0.487 e. The van der Waals surface area contributed by atoms with Crippen molar-refractivity contribution in [3.8, 4) is 5.75 Å². The number of aliphatic hydroxyl groups is 2. The minimum atomic E-state index is -0.778. The van der Waals surface area contributed by atoms with E-state index >= 15 is 0 Å². The van der Waals surface area contributed by atoms with Crippen LogP contribution in [0, 0.1) is 6.92 Å². The van der Waals surface area contributed by atoms with Crippen LogP contribution < -0.4 is 4.74 Å². The van der Waals surface area contributed by atoms with Crippen LogP contribution in [0.15, 0.2) is 18.2 Å². The summed E-state index contributed by atoms with van der Waals surface area (Å²) in [6.45, 7) is 1.81. The Morgan fingerprint density at radius 3 is 3.07 bits per heavy atom. The molecule has 82 valence electrons. The molecule has 3 nitrogen and oxygen atoms in total. The average molecular weight is 208 g/mol. The molecular weight excluding hydrogens is 192 g/mol. The zero-order chi connectivity index (χ0) is 10.8. The second-order valence-electron chi connectivity index (χ2n) is 4.06. The zero-order valence-electron chi connectivity index (χ0n) is 8.81. The van der Waals surface area contributed by atoms with E-state index < -0.39 is 6.10 Å². The smallest absolute Gasteiger partial charge is 0.127 e. The van der Waals surface area contributed by atoms with Crippen LogP contribution in [0.3, 0.4) is 0 Å². The number of fused-ring (bicyclic) bond motifs is 1. The fourth-order valence-electron chi connectivity index (χ4n) is 1.93. The van der Waals surface area contributed by atoms with E-state index in [4.69, 9.17) is 9.84 Å². The number of aliphatic hydroxyl groups excluding tert-OH is 2. The van der Waals surface area contributed by atoms with Crippen LogP contribution in [-0.4, -0.2) is 29.0 Å². The summed E-state index contributed by atoms with van der Waals surface area (Å²) in [5.74, 6) is 0.837. The monoisotopic (exact) mass is 208 g/mol. The summed E-state index contributed by atoms with van der Waals surface area (Å²) in [4.78, 5) is 0. The van der Waals surface area contributed by atoms with Gasteiger partial charge in [0.2, 0.25) is 0 Å². The maximum Gasteiger partial charge on any atom is 0.127 e. The molecule has 0 radical (unpaired) electrons. The summed E-state index contributed by atoms with van der Waals surface area (Å²) in [5.41, 5.74) is 2.41. The van der Waals surface area contributed by atoms with E-state index in [1.807, 2.05) is 12.1 Å². The van der Waals surface area contributed by atoms with Crippen molar-refractivity contribution < 1.29 is 14.9 Å². The number of ether oxygens (including phenoxy) is 1. The normalized spacial score (nSPS) is 21.7.